The zero-order chi connectivity index (χ0) is 13.6. The molecule has 8 heteroatoms. The van der Waals surface area contributed by atoms with Crippen molar-refractivity contribution >= 4 is 21.7 Å². The van der Waals surface area contributed by atoms with Gasteiger partial charge in [0.25, 0.3) is 0 Å². The summed E-state index contributed by atoms with van der Waals surface area (Å²) < 4.78 is 29.8. The highest BCUT2D eigenvalue weighted by atomic mass is 32.2. The first-order valence-electron chi connectivity index (χ1n) is 5.63. The molecule has 0 aliphatic rings. The second-order valence-corrected chi connectivity index (χ2v) is 5.79. The maximum Gasteiger partial charge on any atom is 0.240 e. The molecule has 0 bridgehead atoms. The molecule has 0 aliphatic carbocycles. The van der Waals surface area contributed by atoms with E-state index in [4.69, 9.17) is 4.52 Å². The highest BCUT2D eigenvalue weighted by Gasteiger charge is 2.12. The van der Waals surface area contributed by atoms with Crippen molar-refractivity contribution in [3.63, 3.8) is 0 Å². The third-order valence-corrected chi connectivity index (χ3v) is 3.53. The summed E-state index contributed by atoms with van der Waals surface area (Å²) in [6.07, 6.45) is 1.35. The van der Waals surface area contributed by atoms with E-state index in [-0.39, 0.29) is 18.1 Å². The van der Waals surface area contributed by atoms with Gasteiger partial charge >= 0.3 is 0 Å². The van der Waals surface area contributed by atoms with E-state index < -0.39 is 15.9 Å². The summed E-state index contributed by atoms with van der Waals surface area (Å²) in [5, 5.41) is 5.99. The van der Waals surface area contributed by atoms with Gasteiger partial charge in [0, 0.05) is 6.07 Å². The first-order chi connectivity index (χ1) is 8.43. The van der Waals surface area contributed by atoms with Crippen molar-refractivity contribution in [1.29, 1.82) is 0 Å². The summed E-state index contributed by atoms with van der Waals surface area (Å²) >= 11 is 0. The van der Waals surface area contributed by atoms with Crippen LogP contribution in [0.3, 0.4) is 0 Å². The topological polar surface area (TPSA) is 101 Å². The van der Waals surface area contributed by atoms with Gasteiger partial charge in [-0.1, -0.05) is 18.5 Å². The number of carbonyl (C=O) groups is 1. The lowest BCUT2D eigenvalue weighted by molar-refractivity contribution is -0.115. The summed E-state index contributed by atoms with van der Waals surface area (Å²) in [6.45, 7) is 3.28. The predicted octanol–water partition coefficient (Wildman–Crippen LogP) is 0.641. The summed E-state index contributed by atoms with van der Waals surface area (Å²) in [5.41, 5.74) is 0. The molecule has 0 fully saturated rings. The fourth-order valence-corrected chi connectivity index (χ4v) is 2.36. The van der Waals surface area contributed by atoms with Gasteiger partial charge in [-0.2, -0.15) is 0 Å². The molecule has 0 radical (unpaired) electrons. The standard InChI is InChI=1S/C10H17N3O4S/c1-3-4-5-18(15,16)11-7-10(14)12-9-6-8(2)17-13-9/h6,11H,3-5,7H2,1-2H3,(H,12,13,14). The van der Waals surface area contributed by atoms with E-state index in [2.05, 4.69) is 15.2 Å². The maximum atomic E-state index is 11.4. The van der Waals surface area contributed by atoms with Gasteiger partial charge in [-0.3, -0.25) is 4.79 Å². The number of aryl methyl sites for hydroxylation is 1. The smallest absolute Gasteiger partial charge is 0.240 e. The summed E-state index contributed by atoms with van der Waals surface area (Å²) in [4.78, 5) is 11.4. The number of nitrogens with zero attached hydrogens (tertiary/aromatic N) is 1. The Morgan fingerprint density at radius 1 is 1.50 bits per heavy atom. The summed E-state index contributed by atoms with van der Waals surface area (Å²) in [7, 11) is -3.38. The van der Waals surface area contributed by atoms with Crippen LogP contribution in [-0.2, 0) is 14.8 Å². The van der Waals surface area contributed by atoms with Crippen molar-refractivity contribution in [1.82, 2.24) is 9.88 Å². The van der Waals surface area contributed by atoms with E-state index in [0.717, 1.165) is 6.42 Å². The van der Waals surface area contributed by atoms with Crippen LogP contribution >= 0.6 is 0 Å². The fraction of sp³-hybridized carbons (Fsp3) is 0.600. The van der Waals surface area contributed by atoms with E-state index >= 15 is 0 Å². The molecule has 1 rings (SSSR count). The molecule has 7 nitrogen and oxygen atoms in total. The van der Waals surface area contributed by atoms with E-state index in [1.165, 1.54) is 0 Å². The zero-order valence-corrected chi connectivity index (χ0v) is 11.2. The van der Waals surface area contributed by atoms with E-state index in [0.29, 0.717) is 12.2 Å². The minimum atomic E-state index is -3.38. The largest absolute Gasteiger partial charge is 0.360 e. The van der Waals surface area contributed by atoms with Gasteiger partial charge in [0.15, 0.2) is 5.82 Å². The third kappa shape index (κ3) is 5.28. The van der Waals surface area contributed by atoms with Gasteiger partial charge in [-0.05, 0) is 13.3 Å². The molecule has 1 aromatic rings. The zero-order valence-electron chi connectivity index (χ0n) is 10.4. The average Bonchev–Trinajstić information content (AvgIpc) is 2.70. The molecule has 0 atom stereocenters. The minimum Gasteiger partial charge on any atom is -0.360 e. The van der Waals surface area contributed by atoms with Crippen molar-refractivity contribution in [2.24, 2.45) is 0 Å². The average molecular weight is 275 g/mol. The number of amides is 1. The Kier molecular flexibility index (Phi) is 5.29. The Bertz CT molecular complexity index is 495. The lowest BCUT2D eigenvalue weighted by Gasteiger charge is -2.05. The number of unbranched alkanes of at least 4 members (excludes halogenated alkanes) is 1. The minimum absolute atomic E-state index is 0.0276. The van der Waals surface area contributed by atoms with Crippen LogP contribution in [0.5, 0.6) is 0 Å². The molecular formula is C10H17N3O4S. The molecular weight excluding hydrogens is 258 g/mol. The maximum absolute atomic E-state index is 11.4. The predicted molar refractivity (Wildman–Crippen MR) is 66.6 cm³/mol. The molecule has 2 N–H and O–H groups in total. The lowest BCUT2D eigenvalue weighted by atomic mass is 10.4. The molecule has 0 saturated carbocycles. The fourth-order valence-electron chi connectivity index (χ4n) is 1.19. The second kappa shape index (κ2) is 6.50. The molecule has 1 heterocycles. The number of hydrogen-bond acceptors (Lipinski definition) is 5. The van der Waals surface area contributed by atoms with Crippen molar-refractivity contribution in [3.05, 3.63) is 11.8 Å². The number of anilines is 1. The van der Waals surface area contributed by atoms with Crippen LogP contribution in [0.15, 0.2) is 10.6 Å². The Morgan fingerprint density at radius 3 is 2.78 bits per heavy atom. The Hall–Kier alpha value is -1.41. The van der Waals surface area contributed by atoms with Gasteiger partial charge in [0.05, 0.1) is 12.3 Å². The van der Waals surface area contributed by atoms with Crippen LogP contribution < -0.4 is 10.0 Å². The van der Waals surface area contributed by atoms with Crippen molar-refractivity contribution in [3.8, 4) is 0 Å². The third-order valence-electron chi connectivity index (χ3n) is 2.11. The SMILES string of the molecule is CCCCS(=O)(=O)NCC(=O)Nc1cc(C)on1. The van der Waals surface area contributed by atoms with Crippen LogP contribution in [0.25, 0.3) is 0 Å². The second-order valence-electron chi connectivity index (χ2n) is 3.86. The molecule has 0 aromatic carbocycles. The van der Waals surface area contributed by atoms with Crippen LogP contribution in [0.4, 0.5) is 5.82 Å². The molecule has 0 unspecified atom stereocenters. The molecule has 0 spiro atoms. The number of nitrogens with one attached hydrogen (secondary N) is 2. The normalized spacial score (nSPS) is 11.4. The van der Waals surface area contributed by atoms with E-state index in [1.54, 1.807) is 13.0 Å². The van der Waals surface area contributed by atoms with Gasteiger partial charge in [0.2, 0.25) is 15.9 Å². The molecule has 18 heavy (non-hydrogen) atoms. The number of sulfonamides is 1. The highest BCUT2D eigenvalue weighted by molar-refractivity contribution is 7.89. The Balaban J connectivity index is 2.37. The van der Waals surface area contributed by atoms with Gasteiger partial charge in [0.1, 0.15) is 5.76 Å². The molecule has 102 valence electrons. The first kappa shape index (κ1) is 14.7. The summed E-state index contributed by atoms with van der Waals surface area (Å²) in [5.74, 6) is 0.377. The van der Waals surface area contributed by atoms with Crippen molar-refractivity contribution in [2.45, 2.75) is 26.7 Å². The van der Waals surface area contributed by atoms with Gasteiger partial charge < -0.3 is 9.84 Å². The van der Waals surface area contributed by atoms with E-state index in [1.807, 2.05) is 6.92 Å². The van der Waals surface area contributed by atoms with Crippen LogP contribution in [-0.4, -0.2) is 31.8 Å². The van der Waals surface area contributed by atoms with Crippen LogP contribution in [0, 0.1) is 6.92 Å². The van der Waals surface area contributed by atoms with Crippen molar-refractivity contribution in [2.75, 3.05) is 17.6 Å². The Morgan fingerprint density at radius 2 is 2.22 bits per heavy atom. The number of aromatic nitrogens is 1. The number of hydrogen-bond donors (Lipinski definition) is 2. The van der Waals surface area contributed by atoms with Gasteiger partial charge in [-0.15, -0.1) is 0 Å². The monoisotopic (exact) mass is 275 g/mol. The van der Waals surface area contributed by atoms with E-state index in [9.17, 15) is 13.2 Å². The molecule has 0 aliphatic heterocycles. The number of rotatable bonds is 7. The van der Waals surface area contributed by atoms with Crippen molar-refractivity contribution < 1.29 is 17.7 Å². The Labute approximate surface area is 106 Å². The van der Waals surface area contributed by atoms with Crippen LogP contribution in [0.2, 0.25) is 0 Å². The molecule has 0 saturated heterocycles. The highest BCUT2D eigenvalue weighted by Crippen LogP contribution is 2.06. The summed E-state index contributed by atoms with van der Waals surface area (Å²) in [6, 6.07) is 1.55. The molecule has 1 amide bonds. The molecule has 1 aromatic heterocycles. The van der Waals surface area contributed by atoms with Gasteiger partial charge in [-0.25, -0.2) is 13.1 Å². The quantitative estimate of drug-likeness (QED) is 0.760. The number of carbonyl (C=O) groups excluding carboxylic acids is 1. The first-order valence-corrected chi connectivity index (χ1v) is 7.28. The lowest BCUT2D eigenvalue weighted by Crippen LogP contribution is -2.34. The van der Waals surface area contributed by atoms with Crippen LogP contribution in [0.1, 0.15) is 25.5 Å².